The van der Waals surface area contributed by atoms with Gasteiger partial charge in [-0.25, -0.2) is 0 Å². The SMILES string of the molecule is CCOCCNC(=O)c1nn(CCN2CCOCC2)c2c(OC)cccc12. The van der Waals surface area contributed by atoms with Crippen molar-refractivity contribution in [3.8, 4) is 5.75 Å². The molecule has 0 spiro atoms. The molecule has 1 fully saturated rings. The van der Waals surface area contributed by atoms with Crippen LogP contribution in [0.3, 0.4) is 0 Å². The van der Waals surface area contributed by atoms with Gasteiger partial charge < -0.3 is 19.5 Å². The molecule has 2 aromatic rings. The first-order valence-electron chi connectivity index (χ1n) is 9.44. The molecule has 1 aliphatic heterocycles. The highest BCUT2D eigenvalue weighted by Crippen LogP contribution is 2.28. The minimum absolute atomic E-state index is 0.196. The van der Waals surface area contributed by atoms with Crippen LogP contribution in [-0.4, -0.2) is 80.3 Å². The first kappa shape index (κ1) is 19.6. The molecule has 0 unspecified atom stereocenters. The number of rotatable bonds is 9. The lowest BCUT2D eigenvalue weighted by molar-refractivity contribution is 0.0361. The van der Waals surface area contributed by atoms with Crippen LogP contribution in [0.4, 0.5) is 0 Å². The predicted molar refractivity (Wildman–Crippen MR) is 102 cm³/mol. The molecule has 1 aliphatic rings. The molecule has 0 saturated carbocycles. The van der Waals surface area contributed by atoms with E-state index in [1.807, 2.05) is 29.8 Å². The lowest BCUT2D eigenvalue weighted by Gasteiger charge is -2.26. The van der Waals surface area contributed by atoms with Gasteiger partial charge >= 0.3 is 0 Å². The smallest absolute Gasteiger partial charge is 0.272 e. The highest BCUT2D eigenvalue weighted by atomic mass is 16.5. The van der Waals surface area contributed by atoms with Crippen molar-refractivity contribution in [2.45, 2.75) is 13.5 Å². The van der Waals surface area contributed by atoms with Crippen LogP contribution < -0.4 is 10.1 Å². The van der Waals surface area contributed by atoms with Gasteiger partial charge in [-0.15, -0.1) is 0 Å². The summed E-state index contributed by atoms with van der Waals surface area (Å²) in [5.41, 5.74) is 1.27. The maximum atomic E-state index is 12.6. The number of nitrogens with zero attached hydrogens (tertiary/aromatic N) is 3. The molecule has 0 aliphatic carbocycles. The summed E-state index contributed by atoms with van der Waals surface area (Å²) < 4.78 is 18.1. The Balaban J connectivity index is 1.80. The zero-order valence-corrected chi connectivity index (χ0v) is 16.1. The summed E-state index contributed by atoms with van der Waals surface area (Å²) in [4.78, 5) is 15.0. The van der Waals surface area contributed by atoms with Crippen LogP contribution in [0.15, 0.2) is 18.2 Å². The fourth-order valence-electron chi connectivity index (χ4n) is 3.22. The van der Waals surface area contributed by atoms with Gasteiger partial charge in [0.1, 0.15) is 11.3 Å². The first-order chi connectivity index (χ1) is 13.2. The Hall–Kier alpha value is -2.16. The van der Waals surface area contributed by atoms with Crippen molar-refractivity contribution in [1.29, 1.82) is 0 Å². The standard InChI is InChI=1S/C19H28N4O4/c1-3-26-12-7-20-19(24)17-15-5-4-6-16(25-2)18(15)23(21-17)9-8-22-10-13-27-14-11-22/h4-6H,3,7-14H2,1-2H3,(H,20,24). The van der Waals surface area contributed by atoms with E-state index in [-0.39, 0.29) is 5.91 Å². The van der Waals surface area contributed by atoms with Gasteiger partial charge in [0.2, 0.25) is 0 Å². The van der Waals surface area contributed by atoms with E-state index in [1.54, 1.807) is 7.11 Å². The molecule has 1 saturated heterocycles. The second-order valence-electron chi connectivity index (χ2n) is 6.34. The summed E-state index contributed by atoms with van der Waals surface area (Å²) in [6.45, 7) is 8.39. The van der Waals surface area contributed by atoms with Crippen LogP contribution in [0.1, 0.15) is 17.4 Å². The number of hydrogen-bond donors (Lipinski definition) is 1. The molecule has 8 heteroatoms. The third-order valence-corrected chi connectivity index (χ3v) is 4.64. The van der Waals surface area contributed by atoms with Crippen molar-refractivity contribution in [2.24, 2.45) is 0 Å². The Morgan fingerprint density at radius 3 is 2.85 bits per heavy atom. The third-order valence-electron chi connectivity index (χ3n) is 4.64. The number of morpholine rings is 1. The lowest BCUT2D eigenvalue weighted by Crippen LogP contribution is -2.38. The predicted octanol–water partition coefficient (Wildman–Crippen LogP) is 1.14. The van der Waals surface area contributed by atoms with Crippen molar-refractivity contribution >= 4 is 16.8 Å². The highest BCUT2D eigenvalue weighted by Gasteiger charge is 2.20. The average molecular weight is 376 g/mol. The number of carbonyl (C=O) groups excluding carboxylic acids is 1. The van der Waals surface area contributed by atoms with Crippen LogP contribution in [0.5, 0.6) is 5.75 Å². The van der Waals surface area contributed by atoms with Gasteiger partial charge in [0.25, 0.3) is 5.91 Å². The zero-order valence-electron chi connectivity index (χ0n) is 16.1. The summed E-state index contributed by atoms with van der Waals surface area (Å²) in [6, 6.07) is 5.69. The number of para-hydroxylation sites is 1. The number of nitrogens with one attached hydrogen (secondary N) is 1. The fraction of sp³-hybridized carbons (Fsp3) is 0.579. The average Bonchev–Trinajstić information content (AvgIpc) is 3.09. The normalized spacial score (nSPS) is 15.2. The van der Waals surface area contributed by atoms with E-state index < -0.39 is 0 Å². The van der Waals surface area contributed by atoms with Crippen LogP contribution in [-0.2, 0) is 16.0 Å². The number of aromatic nitrogens is 2. The van der Waals surface area contributed by atoms with Crippen LogP contribution >= 0.6 is 0 Å². The number of hydrogen-bond acceptors (Lipinski definition) is 6. The molecule has 1 aromatic heterocycles. The van der Waals surface area contributed by atoms with Gasteiger partial charge in [0, 0.05) is 38.2 Å². The summed E-state index contributed by atoms with van der Waals surface area (Å²) in [5, 5.41) is 8.28. The molecule has 0 atom stereocenters. The van der Waals surface area contributed by atoms with Crippen molar-refractivity contribution in [1.82, 2.24) is 20.0 Å². The Morgan fingerprint density at radius 2 is 2.11 bits per heavy atom. The summed E-state index contributed by atoms with van der Waals surface area (Å²) in [5.74, 6) is 0.522. The van der Waals surface area contributed by atoms with E-state index >= 15 is 0 Å². The van der Waals surface area contributed by atoms with E-state index in [9.17, 15) is 4.79 Å². The number of benzene rings is 1. The van der Waals surface area contributed by atoms with Gasteiger partial charge in [-0.3, -0.25) is 14.4 Å². The summed E-state index contributed by atoms with van der Waals surface area (Å²) >= 11 is 0. The minimum atomic E-state index is -0.196. The molecule has 8 nitrogen and oxygen atoms in total. The zero-order chi connectivity index (χ0) is 19.1. The van der Waals surface area contributed by atoms with Crippen molar-refractivity contribution < 1.29 is 19.0 Å². The third kappa shape index (κ3) is 4.77. The highest BCUT2D eigenvalue weighted by molar-refractivity contribution is 6.06. The Kier molecular flexibility index (Phi) is 7.03. The molecule has 1 amide bonds. The summed E-state index contributed by atoms with van der Waals surface area (Å²) in [7, 11) is 1.63. The Labute approximate surface area is 159 Å². The molecule has 27 heavy (non-hydrogen) atoms. The van der Waals surface area contributed by atoms with Crippen LogP contribution in [0.25, 0.3) is 10.9 Å². The maximum absolute atomic E-state index is 12.6. The lowest BCUT2D eigenvalue weighted by atomic mass is 10.2. The number of methoxy groups -OCH3 is 1. The monoisotopic (exact) mass is 376 g/mol. The van der Waals surface area contributed by atoms with Crippen LogP contribution in [0, 0.1) is 0 Å². The molecule has 0 radical (unpaired) electrons. The first-order valence-corrected chi connectivity index (χ1v) is 9.44. The molecule has 0 bridgehead atoms. The molecule has 1 N–H and O–H groups in total. The van der Waals surface area contributed by atoms with E-state index in [2.05, 4.69) is 15.3 Å². The Morgan fingerprint density at radius 1 is 1.30 bits per heavy atom. The van der Waals surface area contributed by atoms with Gasteiger partial charge in [-0.1, -0.05) is 12.1 Å². The van der Waals surface area contributed by atoms with E-state index in [0.717, 1.165) is 49.5 Å². The van der Waals surface area contributed by atoms with Gasteiger partial charge in [-0.2, -0.15) is 5.10 Å². The van der Waals surface area contributed by atoms with Crippen molar-refractivity contribution in [3.05, 3.63) is 23.9 Å². The largest absolute Gasteiger partial charge is 0.494 e. The fourth-order valence-corrected chi connectivity index (χ4v) is 3.22. The van der Waals surface area contributed by atoms with E-state index in [0.29, 0.717) is 32.0 Å². The second-order valence-corrected chi connectivity index (χ2v) is 6.34. The quantitative estimate of drug-likeness (QED) is 0.662. The van der Waals surface area contributed by atoms with Crippen molar-refractivity contribution in [3.63, 3.8) is 0 Å². The second kappa shape index (κ2) is 9.68. The van der Waals surface area contributed by atoms with E-state index in [1.165, 1.54) is 0 Å². The number of carbonyl (C=O) groups is 1. The van der Waals surface area contributed by atoms with E-state index in [4.69, 9.17) is 14.2 Å². The molecular formula is C19H28N4O4. The van der Waals surface area contributed by atoms with Crippen LogP contribution in [0.2, 0.25) is 0 Å². The topological polar surface area (TPSA) is 77.9 Å². The molecule has 148 valence electrons. The van der Waals surface area contributed by atoms with Gasteiger partial charge in [0.05, 0.1) is 33.5 Å². The Bertz CT molecular complexity index is 755. The maximum Gasteiger partial charge on any atom is 0.272 e. The van der Waals surface area contributed by atoms with Gasteiger partial charge in [-0.05, 0) is 13.0 Å². The molecule has 3 rings (SSSR count). The molecular weight excluding hydrogens is 348 g/mol. The number of fused-ring (bicyclic) bond motifs is 1. The molecule has 2 heterocycles. The van der Waals surface area contributed by atoms with Gasteiger partial charge in [0.15, 0.2) is 5.69 Å². The summed E-state index contributed by atoms with van der Waals surface area (Å²) in [6.07, 6.45) is 0. The minimum Gasteiger partial charge on any atom is -0.494 e. The van der Waals surface area contributed by atoms with Crippen molar-refractivity contribution in [2.75, 3.05) is 59.7 Å². The molecule has 1 aromatic carbocycles. The number of ether oxygens (including phenoxy) is 3. The number of amides is 1.